The first-order valence-electron chi connectivity index (χ1n) is 15.2. The van der Waals surface area contributed by atoms with Gasteiger partial charge in [-0.2, -0.15) is 9.97 Å². The van der Waals surface area contributed by atoms with Crippen LogP contribution in [0, 0.1) is 12.4 Å². The molecule has 1 saturated heterocycles. The van der Waals surface area contributed by atoms with E-state index >= 15 is 4.39 Å². The molecule has 3 heterocycles. The molecule has 3 aromatic rings. The second kappa shape index (κ2) is 12.4. The summed E-state index contributed by atoms with van der Waals surface area (Å²) in [5.74, 6) is -1.37. The summed E-state index contributed by atoms with van der Waals surface area (Å²) in [6.45, 7) is 15.4. The minimum atomic E-state index is -1.03. The van der Waals surface area contributed by atoms with E-state index in [2.05, 4.69) is 33.2 Å². The third-order valence-electron chi connectivity index (χ3n) is 8.79. The van der Waals surface area contributed by atoms with Crippen LogP contribution in [0.4, 0.5) is 20.3 Å². The molecule has 2 atom stereocenters. The van der Waals surface area contributed by atoms with Crippen LogP contribution in [0.5, 0.6) is 6.01 Å². The monoisotopic (exact) mass is 601 g/mol. The Bertz CT molecular complexity index is 1620. The van der Waals surface area contributed by atoms with Crippen LogP contribution in [-0.2, 0) is 17.8 Å². The van der Waals surface area contributed by atoms with Crippen molar-refractivity contribution in [3.63, 3.8) is 0 Å². The number of piperazine rings is 1. The molecule has 230 valence electrons. The van der Waals surface area contributed by atoms with Crippen LogP contribution in [0.2, 0.25) is 0 Å². The minimum absolute atomic E-state index is 0.0388. The number of anilines is 2. The van der Waals surface area contributed by atoms with E-state index in [9.17, 15) is 9.18 Å². The normalized spacial score (nSPS) is 19.1. The lowest BCUT2D eigenvalue weighted by molar-refractivity contribution is -0.131. The Morgan fingerprint density at radius 2 is 1.95 bits per heavy atom. The van der Waals surface area contributed by atoms with Gasteiger partial charge in [-0.05, 0) is 50.8 Å². The summed E-state index contributed by atoms with van der Waals surface area (Å²) in [6.07, 6.45) is 2.86. The Balaban J connectivity index is 1.33. The number of hydrogen-bond acceptors (Lipinski definition) is 7. The van der Waals surface area contributed by atoms with E-state index < -0.39 is 17.8 Å². The molecular weight excluding hydrogens is 564 g/mol. The lowest BCUT2D eigenvalue weighted by Gasteiger charge is -2.41. The molecule has 9 nitrogen and oxygen atoms in total. The van der Waals surface area contributed by atoms with E-state index in [0.717, 1.165) is 28.9 Å². The van der Waals surface area contributed by atoms with Gasteiger partial charge in [0.2, 0.25) is 6.54 Å². The number of benzene rings is 2. The first-order valence-corrected chi connectivity index (χ1v) is 15.2. The van der Waals surface area contributed by atoms with Crippen LogP contribution < -0.4 is 14.5 Å². The molecule has 0 N–H and O–H groups in total. The average molecular weight is 602 g/mol. The number of carbonyl (C=O) groups is 1. The van der Waals surface area contributed by atoms with Crippen LogP contribution in [0.25, 0.3) is 15.6 Å². The van der Waals surface area contributed by atoms with Gasteiger partial charge in [-0.25, -0.2) is 15.4 Å². The molecule has 0 radical (unpaired) electrons. The molecule has 2 aliphatic heterocycles. The van der Waals surface area contributed by atoms with Crippen LogP contribution in [0.15, 0.2) is 48.8 Å². The van der Waals surface area contributed by atoms with Gasteiger partial charge in [0.05, 0.1) is 12.2 Å². The molecule has 1 saturated carbocycles. The molecular formula is C33H37F2N7O2. The van der Waals surface area contributed by atoms with Gasteiger partial charge in [0.25, 0.3) is 5.91 Å². The van der Waals surface area contributed by atoms with Crippen LogP contribution in [0.1, 0.15) is 31.0 Å². The minimum Gasteiger partial charge on any atom is -0.459 e. The topological polar surface area (TPSA) is 69.4 Å². The number of likely N-dealkylation sites (N-methyl/N-ethyl adjacent to an activating group) is 1. The molecule has 1 aliphatic carbocycles. The fourth-order valence-electron chi connectivity index (χ4n) is 6.47. The van der Waals surface area contributed by atoms with Gasteiger partial charge in [-0.15, -0.1) is 0 Å². The quantitative estimate of drug-likeness (QED) is 0.262. The molecule has 0 bridgehead atoms. The van der Waals surface area contributed by atoms with Crippen molar-refractivity contribution < 1.29 is 18.3 Å². The van der Waals surface area contributed by atoms with Gasteiger partial charge >= 0.3 is 6.01 Å². The fourth-order valence-corrected chi connectivity index (χ4v) is 6.47. The standard InChI is InChI=1S/C33H37F2N7O2/c1-21(18-39(4)24-11-12-24)44-33-37-28-20-40(29-10-6-8-23-7-5-9-27(35)30(23)29)14-13-26(28)31(38-33)41-15-16-42(32(43)22(2)34)25(19-41)17-36-3/h5-10,21,24-25H,2,11-20H2,1,4H3/t21-,25-/m0/s1. The molecule has 0 spiro atoms. The van der Waals surface area contributed by atoms with Crippen molar-refractivity contribution in [3.05, 3.63) is 77.3 Å². The van der Waals surface area contributed by atoms with E-state index in [1.165, 1.54) is 23.8 Å². The summed E-state index contributed by atoms with van der Waals surface area (Å²) in [7, 11) is 2.10. The Morgan fingerprint density at radius 3 is 2.68 bits per heavy atom. The highest BCUT2D eigenvalue weighted by Crippen LogP contribution is 2.36. The van der Waals surface area contributed by atoms with Crippen molar-refractivity contribution >= 4 is 28.2 Å². The fraction of sp³-hybridized carbons (Fsp3) is 0.455. The smallest absolute Gasteiger partial charge is 0.318 e. The van der Waals surface area contributed by atoms with Crippen LogP contribution in [-0.4, -0.2) is 90.2 Å². The SMILES string of the molecule is [C-]#[N+]C[C@H]1CN(c2nc(O[C@@H](C)CN(C)C3CC3)nc3c2CCN(c2cccc4cccc(F)c24)C3)CCN1C(=O)C(=C)F. The molecule has 2 aromatic carbocycles. The van der Waals surface area contributed by atoms with Crippen molar-refractivity contribution in [2.75, 3.05) is 56.1 Å². The summed E-state index contributed by atoms with van der Waals surface area (Å²) >= 11 is 0. The predicted molar refractivity (Wildman–Crippen MR) is 166 cm³/mol. The number of hydrogen-bond donors (Lipinski definition) is 0. The van der Waals surface area contributed by atoms with Gasteiger partial charge in [-0.1, -0.05) is 30.8 Å². The van der Waals surface area contributed by atoms with E-state index in [0.29, 0.717) is 49.8 Å². The highest BCUT2D eigenvalue weighted by atomic mass is 19.1. The zero-order chi connectivity index (χ0) is 31.0. The maximum Gasteiger partial charge on any atom is 0.318 e. The van der Waals surface area contributed by atoms with E-state index in [1.807, 2.05) is 31.2 Å². The maximum absolute atomic E-state index is 15.1. The van der Waals surface area contributed by atoms with Gasteiger partial charge < -0.3 is 24.3 Å². The molecule has 0 unspecified atom stereocenters. The highest BCUT2D eigenvalue weighted by Gasteiger charge is 2.36. The highest BCUT2D eigenvalue weighted by molar-refractivity contribution is 5.95. The summed E-state index contributed by atoms with van der Waals surface area (Å²) in [6, 6.07) is 11.2. The van der Waals surface area contributed by atoms with E-state index in [1.54, 1.807) is 6.07 Å². The third-order valence-corrected chi connectivity index (χ3v) is 8.79. The number of carbonyl (C=O) groups excluding carboxylic acids is 1. The predicted octanol–water partition coefficient (Wildman–Crippen LogP) is 4.61. The van der Waals surface area contributed by atoms with Crippen LogP contribution in [0.3, 0.4) is 0 Å². The molecule has 6 rings (SSSR count). The lowest BCUT2D eigenvalue weighted by Crippen LogP contribution is -2.57. The molecule has 3 aliphatic rings. The third kappa shape index (κ3) is 6.04. The van der Waals surface area contributed by atoms with Gasteiger partial charge in [-0.3, -0.25) is 9.69 Å². The number of aromatic nitrogens is 2. The van der Waals surface area contributed by atoms with E-state index in [-0.39, 0.29) is 31.0 Å². The number of rotatable bonds is 9. The van der Waals surface area contributed by atoms with Crippen molar-refractivity contribution in [1.82, 2.24) is 19.8 Å². The number of ether oxygens (including phenoxy) is 1. The number of halogens is 2. The molecule has 44 heavy (non-hydrogen) atoms. The first-order chi connectivity index (χ1) is 21.2. The van der Waals surface area contributed by atoms with Crippen molar-refractivity contribution in [1.29, 1.82) is 0 Å². The van der Waals surface area contributed by atoms with Gasteiger partial charge in [0, 0.05) is 55.4 Å². The first kappa shape index (κ1) is 29.8. The Morgan fingerprint density at radius 1 is 1.18 bits per heavy atom. The number of nitrogens with zero attached hydrogens (tertiary/aromatic N) is 7. The summed E-state index contributed by atoms with van der Waals surface area (Å²) < 4.78 is 35.2. The summed E-state index contributed by atoms with van der Waals surface area (Å²) in [4.78, 5) is 33.7. The largest absolute Gasteiger partial charge is 0.459 e. The van der Waals surface area contributed by atoms with Crippen molar-refractivity contribution in [2.24, 2.45) is 0 Å². The Labute approximate surface area is 256 Å². The lowest BCUT2D eigenvalue weighted by atomic mass is 10.0. The number of amides is 1. The van der Waals surface area contributed by atoms with Gasteiger partial charge in [0.15, 0.2) is 5.83 Å². The number of fused-ring (bicyclic) bond motifs is 2. The second-order valence-electron chi connectivity index (χ2n) is 12.0. The summed E-state index contributed by atoms with van der Waals surface area (Å²) in [5.41, 5.74) is 2.57. The maximum atomic E-state index is 15.1. The molecule has 1 aromatic heterocycles. The second-order valence-corrected chi connectivity index (χ2v) is 12.0. The Kier molecular flexibility index (Phi) is 8.36. The van der Waals surface area contributed by atoms with Gasteiger partial charge in [0.1, 0.15) is 23.8 Å². The van der Waals surface area contributed by atoms with Crippen molar-refractivity contribution in [2.45, 2.75) is 50.9 Å². The zero-order valence-electron chi connectivity index (χ0n) is 25.2. The average Bonchev–Trinajstić information content (AvgIpc) is 3.86. The zero-order valence-corrected chi connectivity index (χ0v) is 25.2. The molecule has 1 amide bonds. The summed E-state index contributed by atoms with van der Waals surface area (Å²) in [5, 5.41) is 1.42. The molecule has 11 heteroatoms. The Hall–Kier alpha value is -4.30. The molecule has 2 fully saturated rings. The van der Waals surface area contributed by atoms with E-state index in [4.69, 9.17) is 21.3 Å². The van der Waals surface area contributed by atoms with Crippen molar-refractivity contribution in [3.8, 4) is 6.01 Å². The van der Waals surface area contributed by atoms with Crippen LogP contribution >= 0.6 is 0 Å².